The minimum Gasteiger partial charge on any atom is -0.219 e. The zero-order chi connectivity index (χ0) is 12.9. The molecule has 0 saturated heterocycles. The lowest BCUT2D eigenvalue weighted by Gasteiger charge is -2.05. The molecule has 0 saturated carbocycles. The van der Waals surface area contributed by atoms with Crippen LogP contribution >= 0.6 is 0 Å². The van der Waals surface area contributed by atoms with Crippen molar-refractivity contribution in [1.82, 2.24) is 0 Å². The fourth-order valence-electron chi connectivity index (χ4n) is 1.07. The molecule has 0 unspecified atom stereocenters. The standard InChI is InChI=1S/C14H16O2S/c1-14(2,3)11-7-8-12-17(15,16)13-9-5-4-6-10-13/h4-6,8-10,12H,1-3H3/b12-8+. The average molecular weight is 248 g/mol. The van der Waals surface area contributed by atoms with Crippen LogP contribution in [0.25, 0.3) is 0 Å². The van der Waals surface area contributed by atoms with E-state index in [0.29, 0.717) is 0 Å². The van der Waals surface area contributed by atoms with Crippen LogP contribution in [0.2, 0.25) is 0 Å². The fourth-order valence-corrected chi connectivity index (χ4v) is 2.01. The fraction of sp³-hybridized carbons (Fsp3) is 0.286. The van der Waals surface area contributed by atoms with E-state index in [1.807, 2.05) is 20.8 Å². The second kappa shape index (κ2) is 5.20. The first kappa shape index (κ1) is 13.5. The molecule has 0 fully saturated rings. The zero-order valence-electron chi connectivity index (χ0n) is 10.3. The smallest absolute Gasteiger partial charge is 0.200 e. The molecule has 0 bridgehead atoms. The van der Waals surface area contributed by atoms with Crippen molar-refractivity contribution in [2.24, 2.45) is 5.41 Å². The molecule has 1 aromatic rings. The Morgan fingerprint density at radius 3 is 2.24 bits per heavy atom. The summed E-state index contributed by atoms with van der Waals surface area (Å²) in [6, 6.07) is 8.30. The number of hydrogen-bond donors (Lipinski definition) is 0. The highest BCUT2D eigenvalue weighted by Crippen LogP contribution is 2.12. The van der Waals surface area contributed by atoms with Gasteiger partial charge in [-0.25, -0.2) is 8.42 Å². The van der Waals surface area contributed by atoms with Gasteiger partial charge in [0.25, 0.3) is 0 Å². The van der Waals surface area contributed by atoms with Gasteiger partial charge in [0.2, 0.25) is 0 Å². The second-order valence-electron chi connectivity index (χ2n) is 4.68. The lowest BCUT2D eigenvalue weighted by molar-refractivity contribution is 0.571. The quantitative estimate of drug-likeness (QED) is 0.754. The maximum Gasteiger partial charge on any atom is 0.200 e. The van der Waals surface area contributed by atoms with Crippen LogP contribution in [-0.2, 0) is 9.84 Å². The van der Waals surface area contributed by atoms with E-state index < -0.39 is 9.84 Å². The summed E-state index contributed by atoms with van der Waals surface area (Å²) >= 11 is 0. The Kier molecular flexibility index (Phi) is 4.14. The predicted octanol–water partition coefficient (Wildman–Crippen LogP) is 3.02. The van der Waals surface area contributed by atoms with Gasteiger partial charge in [0.05, 0.1) is 4.90 Å². The van der Waals surface area contributed by atoms with Crippen LogP contribution in [0.15, 0.2) is 46.7 Å². The predicted molar refractivity (Wildman–Crippen MR) is 70.0 cm³/mol. The van der Waals surface area contributed by atoms with Crippen LogP contribution in [0.1, 0.15) is 20.8 Å². The van der Waals surface area contributed by atoms with Gasteiger partial charge in [-0.3, -0.25) is 0 Å². The van der Waals surface area contributed by atoms with Gasteiger partial charge in [-0.1, -0.05) is 30.0 Å². The van der Waals surface area contributed by atoms with Crippen molar-refractivity contribution < 1.29 is 8.42 Å². The zero-order valence-corrected chi connectivity index (χ0v) is 11.1. The number of hydrogen-bond acceptors (Lipinski definition) is 2. The van der Waals surface area contributed by atoms with E-state index in [2.05, 4.69) is 11.8 Å². The molecule has 0 heterocycles. The minimum atomic E-state index is -3.36. The van der Waals surface area contributed by atoms with Crippen molar-refractivity contribution in [3.05, 3.63) is 41.8 Å². The van der Waals surface area contributed by atoms with Crippen molar-refractivity contribution in [2.75, 3.05) is 0 Å². The van der Waals surface area contributed by atoms with Crippen molar-refractivity contribution in [3.63, 3.8) is 0 Å². The topological polar surface area (TPSA) is 34.1 Å². The van der Waals surface area contributed by atoms with Crippen LogP contribution in [0.5, 0.6) is 0 Å². The Morgan fingerprint density at radius 1 is 1.12 bits per heavy atom. The molecule has 17 heavy (non-hydrogen) atoms. The summed E-state index contributed by atoms with van der Waals surface area (Å²) in [7, 11) is -3.36. The number of rotatable bonds is 2. The lowest BCUT2D eigenvalue weighted by Crippen LogP contribution is -1.99. The Balaban J connectivity index is 2.88. The average Bonchev–Trinajstić information content (AvgIpc) is 2.25. The molecule has 0 aliphatic rings. The second-order valence-corrected chi connectivity index (χ2v) is 6.51. The van der Waals surface area contributed by atoms with Gasteiger partial charge >= 0.3 is 0 Å². The molecular weight excluding hydrogens is 232 g/mol. The van der Waals surface area contributed by atoms with Crippen LogP contribution in [-0.4, -0.2) is 8.42 Å². The van der Waals surface area contributed by atoms with Crippen molar-refractivity contribution in [1.29, 1.82) is 0 Å². The molecule has 3 heteroatoms. The Labute approximate surface area is 103 Å². The molecule has 90 valence electrons. The van der Waals surface area contributed by atoms with E-state index >= 15 is 0 Å². The highest BCUT2D eigenvalue weighted by molar-refractivity contribution is 7.94. The minimum absolute atomic E-state index is 0.124. The highest BCUT2D eigenvalue weighted by atomic mass is 32.2. The third-order valence-corrected chi connectivity index (χ3v) is 3.27. The van der Waals surface area contributed by atoms with Crippen LogP contribution in [0.3, 0.4) is 0 Å². The summed E-state index contributed by atoms with van der Waals surface area (Å²) in [5.41, 5.74) is -0.124. The van der Waals surface area contributed by atoms with E-state index in [1.165, 1.54) is 6.08 Å². The largest absolute Gasteiger partial charge is 0.219 e. The molecule has 1 aromatic carbocycles. The molecule has 0 radical (unpaired) electrons. The number of sulfone groups is 1. The number of allylic oxidation sites excluding steroid dienone is 1. The maximum atomic E-state index is 11.8. The SMILES string of the molecule is CC(C)(C)C#C/C=C/S(=O)(=O)c1ccccc1. The van der Waals surface area contributed by atoms with E-state index in [9.17, 15) is 8.42 Å². The summed E-state index contributed by atoms with van der Waals surface area (Å²) in [5, 5.41) is 1.14. The molecule has 0 aliphatic heterocycles. The van der Waals surface area contributed by atoms with Gasteiger partial charge < -0.3 is 0 Å². The number of benzene rings is 1. The molecular formula is C14H16O2S. The van der Waals surface area contributed by atoms with Crippen LogP contribution < -0.4 is 0 Å². The molecule has 0 amide bonds. The maximum absolute atomic E-state index is 11.8. The van der Waals surface area contributed by atoms with Crippen molar-refractivity contribution in [2.45, 2.75) is 25.7 Å². The van der Waals surface area contributed by atoms with Gasteiger partial charge in [-0.05, 0) is 39.0 Å². The molecule has 0 spiro atoms. The van der Waals surface area contributed by atoms with Gasteiger partial charge in [0.15, 0.2) is 9.84 Å². The third kappa shape index (κ3) is 4.88. The van der Waals surface area contributed by atoms with Crippen molar-refractivity contribution in [3.8, 4) is 11.8 Å². The first-order valence-corrected chi connectivity index (χ1v) is 6.85. The Hall–Kier alpha value is -1.53. The van der Waals surface area contributed by atoms with Crippen LogP contribution in [0.4, 0.5) is 0 Å². The van der Waals surface area contributed by atoms with Crippen molar-refractivity contribution >= 4 is 9.84 Å². The Bertz CT molecular complexity index is 550. The van der Waals surface area contributed by atoms with Gasteiger partial charge in [-0.15, -0.1) is 0 Å². The summed E-state index contributed by atoms with van der Waals surface area (Å²) < 4.78 is 23.6. The first-order chi connectivity index (χ1) is 7.81. The Morgan fingerprint density at radius 2 is 1.71 bits per heavy atom. The highest BCUT2D eigenvalue weighted by Gasteiger charge is 2.08. The normalized spacial score (nSPS) is 12.2. The first-order valence-electron chi connectivity index (χ1n) is 5.31. The van der Waals surface area contributed by atoms with Gasteiger partial charge in [0.1, 0.15) is 0 Å². The molecule has 0 atom stereocenters. The van der Waals surface area contributed by atoms with E-state index in [1.54, 1.807) is 30.3 Å². The monoisotopic (exact) mass is 248 g/mol. The summed E-state index contributed by atoms with van der Waals surface area (Å²) in [5.74, 6) is 5.69. The van der Waals surface area contributed by atoms with E-state index in [-0.39, 0.29) is 10.3 Å². The molecule has 0 aliphatic carbocycles. The molecule has 2 nitrogen and oxygen atoms in total. The summed E-state index contributed by atoms with van der Waals surface area (Å²) in [6.07, 6.45) is 1.38. The summed E-state index contributed by atoms with van der Waals surface area (Å²) in [6.45, 7) is 5.92. The third-order valence-electron chi connectivity index (χ3n) is 1.85. The molecule has 0 N–H and O–H groups in total. The molecule has 0 aromatic heterocycles. The molecule has 1 rings (SSSR count). The lowest BCUT2D eigenvalue weighted by atomic mass is 9.98. The summed E-state index contributed by atoms with van der Waals surface area (Å²) in [4.78, 5) is 0.286. The van der Waals surface area contributed by atoms with Crippen LogP contribution in [0, 0.1) is 17.3 Å². The van der Waals surface area contributed by atoms with Gasteiger partial charge in [0, 0.05) is 10.8 Å². The van der Waals surface area contributed by atoms with E-state index in [4.69, 9.17) is 0 Å². The van der Waals surface area contributed by atoms with Gasteiger partial charge in [-0.2, -0.15) is 0 Å². The van der Waals surface area contributed by atoms with E-state index in [0.717, 1.165) is 5.41 Å².